The van der Waals surface area contributed by atoms with Gasteiger partial charge in [-0.15, -0.1) is 0 Å². The number of aryl methyl sites for hydroxylation is 2. The lowest BCUT2D eigenvalue weighted by atomic mass is 10.1. The van der Waals surface area contributed by atoms with Crippen molar-refractivity contribution < 1.29 is 0 Å². The summed E-state index contributed by atoms with van der Waals surface area (Å²) in [4.78, 5) is 4.03. The van der Waals surface area contributed by atoms with Gasteiger partial charge in [-0.3, -0.25) is 10.4 Å². The SMILES string of the molecule is Cc1cnc(C(=N)N)c(C)c1. The van der Waals surface area contributed by atoms with E-state index in [1.165, 1.54) is 0 Å². The van der Waals surface area contributed by atoms with Gasteiger partial charge in [0.1, 0.15) is 11.5 Å². The molecule has 1 aromatic rings. The molecule has 1 rings (SSSR count). The molecule has 0 saturated heterocycles. The maximum absolute atomic E-state index is 7.16. The number of pyridine rings is 1. The second-order valence-corrected chi connectivity index (χ2v) is 2.59. The zero-order valence-electron chi connectivity index (χ0n) is 6.68. The average molecular weight is 149 g/mol. The van der Waals surface area contributed by atoms with Crippen molar-refractivity contribution in [2.75, 3.05) is 0 Å². The molecule has 0 fully saturated rings. The Kier molecular flexibility index (Phi) is 1.89. The minimum absolute atomic E-state index is 0.0301. The predicted octanol–water partition coefficient (Wildman–Crippen LogP) is 0.983. The van der Waals surface area contributed by atoms with Gasteiger partial charge in [-0.2, -0.15) is 0 Å². The van der Waals surface area contributed by atoms with Crippen LogP contribution < -0.4 is 5.73 Å². The number of amidine groups is 1. The number of nitrogens with two attached hydrogens (primary N) is 1. The van der Waals surface area contributed by atoms with Crippen LogP contribution in [0.2, 0.25) is 0 Å². The van der Waals surface area contributed by atoms with E-state index in [1.54, 1.807) is 6.20 Å². The normalized spacial score (nSPS) is 9.64. The summed E-state index contributed by atoms with van der Waals surface area (Å²) in [5, 5.41) is 7.16. The first kappa shape index (κ1) is 7.72. The van der Waals surface area contributed by atoms with E-state index in [-0.39, 0.29) is 5.84 Å². The maximum atomic E-state index is 7.16. The summed E-state index contributed by atoms with van der Waals surface area (Å²) in [5.41, 5.74) is 7.91. The molecular weight excluding hydrogens is 138 g/mol. The quantitative estimate of drug-likeness (QED) is 0.462. The first-order valence-corrected chi connectivity index (χ1v) is 3.39. The smallest absolute Gasteiger partial charge is 0.142 e. The number of rotatable bonds is 1. The lowest BCUT2D eigenvalue weighted by Crippen LogP contribution is -2.14. The second kappa shape index (κ2) is 2.70. The van der Waals surface area contributed by atoms with Gasteiger partial charge in [0.15, 0.2) is 0 Å². The lowest BCUT2D eigenvalue weighted by molar-refractivity contribution is 1.17. The summed E-state index contributed by atoms with van der Waals surface area (Å²) >= 11 is 0. The molecule has 11 heavy (non-hydrogen) atoms. The van der Waals surface area contributed by atoms with Crippen molar-refractivity contribution in [2.24, 2.45) is 5.73 Å². The van der Waals surface area contributed by atoms with Gasteiger partial charge in [0, 0.05) is 6.20 Å². The van der Waals surface area contributed by atoms with Crippen LogP contribution in [0.5, 0.6) is 0 Å². The van der Waals surface area contributed by atoms with Gasteiger partial charge >= 0.3 is 0 Å². The number of aromatic nitrogens is 1. The van der Waals surface area contributed by atoms with Crippen LogP contribution in [0.1, 0.15) is 16.8 Å². The molecule has 0 amide bonds. The summed E-state index contributed by atoms with van der Waals surface area (Å²) < 4.78 is 0. The molecule has 1 aromatic heterocycles. The highest BCUT2D eigenvalue weighted by Gasteiger charge is 2.01. The van der Waals surface area contributed by atoms with Crippen LogP contribution in [0, 0.1) is 19.3 Å². The van der Waals surface area contributed by atoms with E-state index in [0.29, 0.717) is 5.69 Å². The Labute approximate surface area is 65.8 Å². The molecule has 0 atom stereocenters. The lowest BCUT2D eigenvalue weighted by Gasteiger charge is -2.01. The Bertz CT molecular complexity index is 291. The third-order valence-electron chi connectivity index (χ3n) is 1.47. The molecule has 0 aliphatic rings. The van der Waals surface area contributed by atoms with E-state index >= 15 is 0 Å². The van der Waals surface area contributed by atoms with Gasteiger partial charge < -0.3 is 5.73 Å². The molecule has 1 heterocycles. The summed E-state index contributed by atoms with van der Waals surface area (Å²) in [6.45, 7) is 3.86. The molecule has 0 spiro atoms. The van der Waals surface area contributed by atoms with Crippen molar-refractivity contribution in [1.82, 2.24) is 4.98 Å². The van der Waals surface area contributed by atoms with Crippen LogP contribution in [-0.4, -0.2) is 10.8 Å². The van der Waals surface area contributed by atoms with E-state index in [1.807, 2.05) is 19.9 Å². The van der Waals surface area contributed by atoms with Crippen LogP contribution in [0.4, 0.5) is 0 Å². The molecule has 0 saturated carbocycles. The molecule has 0 radical (unpaired) electrons. The molecule has 0 aliphatic heterocycles. The van der Waals surface area contributed by atoms with Crippen molar-refractivity contribution in [3.05, 3.63) is 29.1 Å². The fourth-order valence-corrected chi connectivity index (χ4v) is 0.997. The highest BCUT2D eigenvalue weighted by molar-refractivity contribution is 5.94. The Hall–Kier alpha value is -1.38. The van der Waals surface area contributed by atoms with Crippen molar-refractivity contribution in [2.45, 2.75) is 13.8 Å². The Morgan fingerprint density at radius 2 is 2.18 bits per heavy atom. The van der Waals surface area contributed by atoms with E-state index in [9.17, 15) is 0 Å². The third-order valence-corrected chi connectivity index (χ3v) is 1.47. The zero-order chi connectivity index (χ0) is 8.43. The van der Waals surface area contributed by atoms with Crippen molar-refractivity contribution >= 4 is 5.84 Å². The Morgan fingerprint density at radius 1 is 1.55 bits per heavy atom. The molecule has 0 aromatic carbocycles. The number of nitrogens with zero attached hydrogens (tertiary/aromatic N) is 1. The second-order valence-electron chi connectivity index (χ2n) is 2.59. The predicted molar refractivity (Wildman–Crippen MR) is 44.7 cm³/mol. The standard InChI is InChI=1S/C8H11N3/c1-5-3-6(2)7(8(9)10)11-4-5/h3-4H,1-2H3,(H3,9,10). The molecular formula is C8H11N3. The average Bonchev–Trinajstić information content (AvgIpc) is 1.85. The molecule has 3 N–H and O–H groups in total. The van der Waals surface area contributed by atoms with Gasteiger partial charge in [-0.1, -0.05) is 6.07 Å². The minimum Gasteiger partial charge on any atom is -0.382 e. The molecule has 0 unspecified atom stereocenters. The summed E-state index contributed by atoms with van der Waals surface area (Å²) in [6, 6.07) is 1.96. The van der Waals surface area contributed by atoms with Crippen molar-refractivity contribution in [1.29, 1.82) is 5.41 Å². The Balaban J connectivity index is 3.20. The number of hydrogen-bond acceptors (Lipinski definition) is 2. The number of hydrogen-bond donors (Lipinski definition) is 2. The molecule has 3 heteroatoms. The van der Waals surface area contributed by atoms with E-state index in [2.05, 4.69) is 4.98 Å². The topological polar surface area (TPSA) is 62.8 Å². The summed E-state index contributed by atoms with van der Waals surface area (Å²) in [7, 11) is 0. The van der Waals surface area contributed by atoms with Crippen molar-refractivity contribution in [3.63, 3.8) is 0 Å². The number of nitrogens with one attached hydrogen (secondary N) is 1. The monoisotopic (exact) mass is 149 g/mol. The minimum atomic E-state index is 0.0301. The fraction of sp³-hybridized carbons (Fsp3) is 0.250. The van der Waals surface area contributed by atoms with Crippen LogP contribution in [-0.2, 0) is 0 Å². The first-order chi connectivity index (χ1) is 5.11. The summed E-state index contributed by atoms with van der Waals surface area (Å²) in [5.74, 6) is 0.0301. The molecule has 0 bridgehead atoms. The van der Waals surface area contributed by atoms with E-state index in [0.717, 1.165) is 11.1 Å². The van der Waals surface area contributed by atoms with Gasteiger partial charge in [0.25, 0.3) is 0 Å². The first-order valence-electron chi connectivity index (χ1n) is 3.39. The molecule has 58 valence electrons. The molecule has 3 nitrogen and oxygen atoms in total. The Morgan fingerprint density at radius 3 is 2.64 bits per heavy atom. The van der Waals surface area contributed by atoms with Crippen molar-refractivity contribution in [3.8, 4) is 0 Å². The maximum Gasteiger partial charge on any atom is 0.142 e. The van der Waals surface area contributed by atoms with E-state index in [4.69, 9.17) is 11.1 Å². The summed E-state index contributed by atoms with van der Waals surface area (Å²) in [6.07, 6.45) is 1.71. The zero-order valence-corrected chi connectivity index (χ0v) is 6.68. The van der Waals surface area contributed by atoms with Crippen LogP contribution in [0.3, 0.4) is 0 Å². The van der Waals surface area contributed by atoms with Crippen LogP contribution in [0.25, 0.3) is 0 Å². The van der Waals surface area contributed by atoms with Gasteiger partial charge in [0.2, 0.25) is 0 Å². The van der Waals surface area contributed by atoms with E-state index < -0.39 is 0 Å². The van der Waals surface area contributed by atoms with Gasteiger partial charge in [0.05, 0.1) is 0 Å². The number of nitrogen functional groups attached to an aromatic ring is 1. The fourth-order valence-electron chi connectivity index (χ4n) is 0.997. The van der Waals surface area contributed by atoms with Crippen LogP contribution in [0.15, 0.2) is 12.3 Å². The third kappa shape index (κ3) is 1.55. The highest BCUT2D eigenvalue weighted by atomic mass is 14.8. The largest absolute Gasteiger partial charge is 0.382 e. The van der Waals surface area contributed by atoms with Gasteiger partial charge in [-0.25, -0.2) is 0 Å². The van der Waals surface area contributed by atoms with Gasteiger partial charge in [-0.05, 0) is 25.0 Å². The highest BCUT2D eigenvalue weighted by Crippen LogP contribution is 2.05. The molecule has 0 aliphatic carbocycles. The van der Waals surface area contributed by atoms with Crippen LogP contribution >= 0.6 is 0 Å².